The van der Waals surface area contributed by atoms with Gasteiger partial charge in [-0.3, -0.25) is 20.1 Å². The number of nitrogens with zero attached hydrogens (tertiary/aromatic N) is 2. The first kappa shape index (κ1) is 22.4. The van der Waals surface area contributed by atoms with Crippen LogP contribution >= 0.6 is 11.6 Å². The molecule has 1 rings (SSSR count). The molecule has 1 amide bonds. The molecule has 1 aliphatic rings. The lowest BCUT2D eigenvalue weighted by Crippen LogP contribution is -2.46. The number of carbonyl (C=O) groups is 1. The number of rotatable bonds is 8. The predicted molar refractivity (Wildman–Crippen MR) is 112 cm³/mol. The van der Waals surface area contributed by atoms with Crippen molar-refractivity contribution in [3.63, 3.8) is 0 Å². The highest BCUT2D eigenvalue weighted by atomic mass is 35.5. The van der Waals surface area contributed by atoms with E-state index in [-0.39, 0.29) is 29.0 Å². The molecule has 0 aromatic heterocycles. The fraction of sp³-hybridized carbons (Fsp3) is 0.571. The van der Waals surface area contributed by atoms with E-state index in [4.69, 9.17) is 17.0 Å². The molecule has 3 unspecified atom stereocenters. The number of likely N-dealkylation sites (tertiary alicyclic amines) is 1. The molecule has 0 radical (unpaired) electrons. The van der Waals surface area contributed by atoms with E-state index in [1.165, 1.54) is 16.0 Å². The minimum atomic E-state index is -0.219. The van der Waals surface area contributed by atoms with Crippen molar-refractivity contribution in [2.24, 2.45) is 16.8 Å². The molecular weight excluding hydrogens is 346 g/mol. The van der Waals surface area contributed by atoms with Crippen LogP contribution in [0.1, 0.15) is 47.0 Å². The van der Waals surface area contributed by atoms with Gasteiger partial charge in [0.2, 0.25) is 5.91 Å². The first-order valence-corrected chi connectivity index (χ1v) is 9.67. The lowest BCUT2D eigenvalue weighted by atomic mass is 9.80. The van der Waals surface area contributed by atoms with E-state index in [1.807, 2.05) is 27.0 Å². The summed E-state index contributed by atoms with van der Waals surface area (Å²) in [6, 6.07) is 0. The number of alkyl halides is 1. The normalized spacial score (nSPS) is 22.3. The average Bonchev–Trinajstić information content (AvgIpc) is 2.63. The second-order valence-electron chi connectivity index (χ2n) is 6.86. The molecule has 0 saturated carbocycles. The zero-order valence-corrected chi connectivity index (χ0v) is 17.4. The van der Waals surface area contributed by atoms with Gasteiger partial charge in [0.1, 0.15) is 5.84 Å². The van der Waals surface area contributed by atoms with E-state index >= 15 is 0 Å². The van der Waals surface area contributed by atoms with Crippen LogP contribution in [-0.2, 0) is 4.79 Å². The molecule has 5 heteroatoms. The van der Waals surface area contributed by atoms with Gasteiger partial charge in [-0.2, -0.15) is 0 Å². The molecule has 0 aromatic carbocycles. The van der Waals surface area contributed by atoms with Gasteiger partial charge in [-0.15, -0.1) is 11.6 Å². The maximum absolute atomic E-state index is 12.6. The van der Waals surface area contributed by atoms with E-state index in [9.17, 15) is 4.79 Å². The molecule has 26 heavy (non-hydrogen) atoms. The Bertz CT molecular complexity index is 633. The van der Waals surface area contributed by atoms with Crippen LogP contribution in [0.2, 0.25) is 0 Å². The summed E-state index contributed by atoms with van der Waals surface area (Å²) in [5, 5.41) is 7.75. The number of amides is 1. The minimum absolute atomic E-state index is 0.000806. The van der Waals surface area contributed by atoms with Crippen LogP contribution < -0.4 is 0 Å². The Labute approximate surface area is 163 Å². The van der Waals surface area contributed by atoms with Gasteiger partial charge in [0.15, 0.2) is 0 Å². The lowest BCUT2D eigenvalue weighted by molar-refractivity contribution is -0.133. The molecule has 1 N–H and O–H groups in total. The van der Waals surface area contributed by atoms with Crippen molar-refractivity contribution in [2.75, 3.05) is 13.6 Å². The molecule has 0 spiro atoms. The molecule has 0 bridgehead atoms. The number of amidine groups is 1. The van der Waals surface area contributed by atoms with Crippen LogP contribution in [0.5, 0.6) is 0 Å². The van der Waals surface area contributed by atoms with Gasteiger partial charge >= 0.3 is 0 Å². The third-order valence-corrected chi connectivity index (χ3v) is 5.65. The van der Waals surface area contributed by atoms with E-state index in [0.717, 1.165) is 13.0 Å². The maximum Gasteiger partial charge on any atom is 0.231 e. The molecule has 4 nitrogen and oxygen atoms in total. The van der Waals surface area contributed by atoms with Crippen LogP contribution in [0.3, 0.4) is 0 Å². The van der Waals surface area contributed by atoms with Crippen molar-refractivity contribution in [1.29, 1.82) is 5.41 Å². The summed E-state index contributed by atoms with van der Waals surface area (Å²) in [7, 11) is 1.64. The number of nitrogens with one attached hydrogen (secondary N) is 1. The first-order chi connectivity index (χ1) is 12.2. The Morgan fingerprint density at radius 1 is 1.54 bits per heavy atom. The Morgan fingerprint density at radius 2 is 2.19 bits per heavy atom. The van der Waals surface area contributed by atoms with Crippen molar-refractivity contribution >= 4 is 29.6 Å². The maximum atomic E-state index is 12.6. The van der Waals surface area contributed by atoms with Crippen LogP contribution in [0.15, 0.2) is 40.4 Å². The molecule has 3 atom stereocenters. The van der Waals surface area contributed by atoms with Gasteiger partial charge in [-0.05, 0) is 50.7 Å². The van der Waals surface area contributed by atoms with Crippen molar-refractivity contribution in [3.05, 3.63) is 35.5 Å². The van der Waals surface area contributed by atoms with Crippen LogP contribution in [-0.4, -0.2) is 41.8 Å². The van der Waals surface area contributed by atoms with Crippen LogP contribution in [0, 0.1) is 17.2 Å². The molecule has 1 saturated heterocycles. The number of piperidine rings is 1. The van der Waals surface area contributed by atoms with E-state index in [1.54, 1.807) is 7.05 Å². The number of hydrogen-bond donors (Lipinski definition) is 1. The highest BCUT2D eigenvalue weighted by Gasteiger charge is 2.38. The van der Waals surface area contributed by atoms with Crippen molar-refractivity contribution in [3.8, 4) is 0 Å². The fourth-order valence-corrected chi connectivity index (χ4v) is 3.52. The van der Waals surface area contributed by atoms with Gasteiger partial charge in [0.05, 0.1) is 0 Å². The highest BCUT2D eigenvalue weighted by molar-refractivity contribution is 6.21. The van der Waals surface area contributed by atoms with Crippen LogP contribution in [0.25, 0.3) is 0 Å². The van der Waals surface area contributed by atoms with Crippen molar-refractivity contribution in [2.45, 2.75) is 52.3 Å². The molecule has 0 aliphatic carbocycles. The van der Waals surface area contributed by atoms with E-state index < -0.39 is 0 Å². The van der Waals surface area contributed by atoms with Gasteiger partial charge < -0.3 is 0 Å². The SMILES string of the molecule is C=C1CC(C(C)C(Cl)CC(=CC)/C(C)=C/CC=NCC)C(=O)N(C)C1=N. The Kier molecular flexibility index (Phi) is 9.00. The molecule has 144 valence electrons. The molecular formula is C21H32ClN3O. The van der Waals surface area contributed by atoms with Gasteiger partial charge in [-0.1, -0.05) is 31.2 Å². The monoisotopic (exact) mass is 377 g/mol. The Balaban J connectivity index is 2.79. The van der Waals surface area contributed by atoms with Crippen molar-refractivity contribution < 1.29 is 4.79 Å². The highest BCUT2D eigenvalue weighted by Crippen LogP contribution is 2.34. The third-order valence-electron chi connectivity index (χ3n) is 5.10. The first-order valence-electron chi connectivity index (χ1n) is 9.23. The lowest BCUT2D eigenvalue weighted by Gasteiger charge is -2.36. The zero-order chi connectivity index (χ0) is 19.9. The van der Waals surface area contributed by atoms with Gasteiger partial charge in [0.25, 0.3) is 0 Å². The summed E-state index contributed by atoms with van der Waals surface area (Å²) in [4.78, 5) is 18.2. The molecule has 1 aliphatic heterocycles. The van der Waals surface area contributed by atoms with Crippen LogP contribution in [0.4, 0.5) is 0 Å². The number of carbonyl (C=O) groups excluding carboxylic acids is 1. The Hall–Kier alpha value is -1.68. The molecule has 1 fully saturated rings. The Morgan fingerprint density at radius 3 is 2.77 bits per heavy atom. The second-order valence-corrected chi connectivity index (χ2v) is 7.42. The largest absolute Gasteiger partial charge is 0.300 e. The average molecular weight is 378 g/mol. The number of likely N-dealkylation sites (N-methyl/N-ethyl adjacent to an activating group) is 1. The number of aliphatic imine (C=N–C) groups is 1. The number of hydrogen-bond acceptors (Lipinski definition) is 3. The summed E-state index contributed by atoms with van der Waals surface area (Å²) in [6.07, 6.45) is 8.21. The fourth-order valence-electron chi connectivity index (χ4n) is 3.18. The number of halogens is 1. The zero-order valence-electron chi connectivity index (χ0n) is 16.7. The summed E-state index contributed by atoms with van der Waals surface area (Å²) in [5.41, 5.74) is 3.10. The minimum Gasteiger partial charge on any atom is -0.300 e. The second kappa shape index (κ2) is 10.5. The molecule has 1 heterocycles. The van der Waals surface area contributed by atoms with Crippen molar-refractivity contribution in [1.82, 2.24) is 4.90 Å². The summed E-state index contributed by atoms with van der Waals surface area (Å²) in [5.74, 6) is -0.0408. The van der Waals surface area contributed by atoms with E-state index in [0.29, 0.717) is 18.4 Å². The van der Waals surface area contributed by atoms with E-state index in [2.05, 4.69) is 30.6 Å². The summed E-state index contributed by atoms with van der Waals surface area (Å²) in [6.45, 7) is 12.9. The smallest absolute Gasteiger partial charge is 0.231 e. The van der Waals surface area contributed by atoms with Gasteiger partial charge in [0, 0.05) is 37.5 Å². The third kappa shape index (κ3) is 5.66. The molecule has 0 aromatic rings. The standard InChI is InChI=1S/C21H32ClN3O/c1-7-17(14(3)10-9-11-24-8-2)13-19(22)16(5)18-12-15(4)20(23)25(6)21(18)26/h7,10-11,16,18-19,23H,4,8-9,12-13H2,1-3,5-6H3/b14-10+,17-7?,23-20?,24-11?. The number of allylic oxidation sites excluding steroid dienone is 4. The quantitative estimate of drug-likeness (QED) is 0.361. The van der Waals surface area contributed by atoms with Gasteiger partial charge in [-0.25, -0.2) is 0 Å². The summed E-state index contributed by atoms with van der Waals surface area (Å²) < 4.78 is 0. The summed E-state index contributed by atoms with van der Waals surface area (Å²) >= 11 is 6.71. The predicted octanol–water partition coefficient (Wildman–Crippen LogP) is 5.01. The topological polar surface area (TPSA) is 56.5 Å².